The molecule has 3 aromatic carbocycles. The Hall–Kier alpha value is -3.72. The molecule has 0 saturated heterocycles. The minimum Gasteiger partial charge on any atom is -0.388 e. The minimum atomic E-state index is 0.500. The van der Waals surface area contributed by atoms with Crippen LogP contribution in [-0.4, -0.2) is 19.9 Å². The highest BCUT2D eigenvalue weighted by Crippen LogP contribution is 2.14. The summed E-state index contributed by atoms with van der Waals surface area (Å²) in [5, 5.41) is 3.21. The first-order valence-electron chi connectivity index (χ1n) is 12.0. The van der Waals surface area contributed by atoms with E-state index in [9.17, 15) is 4.39 Å². The number of halogens is 1. The zero-order chi connectivity index (χ0) is 25.7. The van der Waals surface area contributed by atoms with Gasteiger partial charge in [-0.05, 0) is 49.6 Å². The van der Waals surface area contributed by atoms with Crippen molar-refractivity contribution >= 4 is 17.1 Å². The van der Waals surface area contributed by atoms with Crippen LogP contribution < -0.4 is 5.32 Å². The fourth-order valence-electron chi connectivity index (χ4n) is 2.96. The lowest BCUT2D eigenvalue weighted by Gasteiger charge is -2.05. The highest BCUT2D eigenvalue weighted by atomic mass is 19.1. The number of benzene rings is 3. The number of hydrogen-bond donors (Lipinski definition) is 1. The van der Waals surface area contributed by atoms with Gasteiger partial charge in [0.2, 0.25) is 0 Å². The summed E-state index contributed by atoms with van der Waals surface area (Å²) in [5.41, 5.74) is 6.90. The minimum absolute atomic E-state index is 0.500. The molecule has 0 spiro atoms. The molecule has 0 fully saturated rings. The number of hydrogen-bond acceptors (Lipinski definition) is 2. The Morgan fingerprint density at radius 2 is 1.29 bits per heavy atom. The van der Waals surface area contributed by atoms with E-state index in [0.717, 1.165) is 35.5 Å². The first kappa shape index (κ1) is 29.3. The highest BCUT2D eigenvalue weighted by molar-refractivity contribution is 6.09. The molecule has 184 valence electrons. The number of allylic oxidation sites excluding steroid dienone is 5. The summed E-state index contributed by atoms with van der Waals surface area (Å²) in [6, 6.07) is 30.7. The van der Waals surface area contributed by atoms with Gasteiger partial charge in [0.15, 0.2) is 0 Å². The van der Waals surface area contributed by atoms with E-state index in [-0.39, 0.29) is 0 Å². The molecule has 0 radical (unpaired) electrons. The predicted molar refractivity (Wildman–Crippen MR) is 153 cm³/mol. The van der Waals surface area contributed by atoms with Gasteiger partial charge in [-0.1, -0.05) is 110 Å². The molecule has 0 aliphatic rings. The Balaban J connectivity index is 0.000000332. The molecule has 35 heavy (non-hydrogen) atoms. The van der Waals surface area contributed by atoms with E-state index in [1.54, 1.807) is 0 Å². The van der Waals surface area contributed by atoms with Gasteiger partial charge in [-0.15, -0.1) is 0 Å². The summed E-state index contributed by atoms with van der Waals surface area (Å²) < 4.78 is 9.50. The van der Waals surface area contributed by atoms with Crippen LogP contribution in [0, 0.1) is 0 Å². The normalized spacial score (nSPS) is 11.8. The summed E-state index contributed by atoms with van der Waals surface area (Å²) in [4.78, 5) is 4.70. The summed E-state index contributed by atoms with van der Waals surface area (Å²) in [6.45, 7) is 6.44. The van der Waals surface area contributed by atoms with Crippen molar-refractivity contribution < 1.29 is 4.39 Å². The molecule has 0 atom stereocenters. The first-order chi connectivity index (χ1) is 17.2. The molecule has 2 nitrogen and oxygen atoms in total. The molecule has 0 aromatic heterocycles. The van der Waals surface area contributed by atoms with Crippen molar-refractivity contribution in [2.24, 2.45) is 4.99 Å². The second kappa shape index (κ2) is 18.7. The standard InChI is InChI=1S/C17H17N.C14H19N.CH3F/c1-2-3-14-17(15-10-6-4-7-11-15)18-16-12-8-5-9-13-16;1-4-12(2)10-11-14(15-3)13-8-6-5-7-9-13;1-2/h3-14H,2H2,1H3;5-11,15H,4H2,1-3H3;1H3/b14-3-,18-17?;12-10-,14-11-;. The largest absolute Gasteiger partial charge is 0.388 e. The van der Waals surface area contributed by atoms with Gasteiger partial charge in [-0.25, -0.2) is 4.99 Å². The first-order valence-corrected chi connectivity index (χ1v) is 12.0. The van der Waals surface area contributed by atoms with Crippen LogP contribution in [0.2, 0.25) is 0 Å². The van der Waals surface area contributed by atoms with Gasteiger partial charge in [0.05, 0.1) is 18.6 Å². The van der Waals surface area contributed by atoms with E-state index >= 15 is 0 Å². The average molecular weight is 471 g/mol. The topological polar surface area (TPSA) is 24.4 Å². The maximum atomic E-state index is 9.50. The lowest BCUT2D eigenvalue weighted by molar-refractivity contribution is 0.636. The average Bonchev–Trinajstić information content (AvgIpc) is 2.94. The van der Waals surface area contributed by atoms with Gasteiger partial charge in [-0.3, -0.25) is 4.39 Å². The van der Waals surface area contributed by atoms with Crippen molar-refractivity contribution in [2.75, 3.05) is 14.2 Å². The molecular formula is C32H39FN2. The highest BCUT2D eigenvalue weighted by Gasteiger charge is 1.99. The van der Waals surface area contributed by atoms with Crippen LogP contribution in [0.4, 0.5) is 10.1 Å². The van der Waals surface area contributed by atoms with Gasteiger partial charge >= 0.3 is 0 Å². The third-order valence-electron chi connectivity index (χ3n) is 5.03. The number of nitrogens with one attached hydrogen (secondary N) is 1. The maximum Gasteiger partial charge on any atom is 0.0785 e. The van der Waals surface area contributed by atoms with Crippen LogP contribution >= 0.6 is 0 Å². The van der Waals surface area contributed by atoms with Gasteiger partial charge < -0.3 is 5.32 Å². The molecule has 0 aliphatic carbocycles. The molecule has 0 heterocycles. The van der Waals surface area contributed by atoms with E-state index in [1.807, 2.05) is 61.6 Å². The van der Waals surface area contributed by atoms with Crippen LogP contribution in [0.1, 0.15) is 44.7 Å². The second-order valence-electron chi connectivity index (χ2n) is 7.57. The SMILES string of the molecule is CC/C(C)=C\C=C(/NC)c1ccccc1.CC/C=C\C(=Nc1ccccc1)c1ccccc1.CF. The van der Waals surface area contributed by atoms with E-state index in [0.29, 0.717) is 7.18 Å². The Bertz CT molecular complexity index is 1050. The van der Waals surface area contributed by atoms with Crippen molar-refractivity contribution in [3.05, 3.63) is 132 Å². The zero-order valence-corrected chi connectivity index (χ0v) is 21.7. The molecule has 0 amide bonds. The van der Waals surface area contributed by atoms with Crippen molar-refractivity contribution in [3.8, 4) is 0 Å². The van der Waals surface area contributed by atoms with Gasteiger partial charge in [-0.2, -0.15) is 0 Å². The third kappa shape index (κ3) is 11.8. The molecule has 3 heteroatoms. The summed E-state index contributed by atoms with van der Waals surface area (Å²) in [5.74, 6) is 0. The second-order valence-corrected chi connectivity index (χ2v) is 7.57. The smallest absolute Gasteiger partial charge is 0.0785 e. The van der Waals surface area contributed by atoms with E-state index < -0.39 is 0 Å². The number of aliphatic imine (C=N–C) groups is 1. The van der Waals surface area contributed by atoms with Gasteiger partial charge in [0, 0.05) is 18.3 Å². The quantitative estimate of drug-likeness (QED) is 0.258. The molecule has 0 aliphatic heterocycles. The van der Waals surface area contributed by atoms with E-state index in [4.69, 9.17) is 4.99 Å². The Kier molecular flexibility index (Phi) is 15.6. The molecule has 0 unspecified atom stereocenters. The van der Waals surface area contributed by atoms with Crippen molar-refractivity contribution in [1.82, 2.24) is 5.32 Å². The van der Waals surface area contributed by atoms with Crippen molar-refractivity contribution in [3.63, 3.8) is 0 Å². The van der Waals surface area contributed by atoms with Crippen LogP contribution in [0.25, 0.3) is 5.70 Å². The fourth-order valence-corrected chi connectivity index (χ4v) is 2.96. The summed E-state index contributed by atoms with van der Waals surface area (Å²) >= 11 is 0. The summed E-state index contributed by atoms with van der Waals surface area (Å²) in [7, 11) is 2.45. The lowest BCUT2D eigenvalue weighted by Crippen LogP contribution is -2.03. The van der Waals surface area contributed by atoms with Crippen molar-refractivity contribution in [1.29, 1.82) is 0 Å². The molecule has 3 rings (SSSR count). The number of rotatable bonds is 8. The van der Waals surface area contributed by atoms with Crippen LogP contribution in [0.3, 0.4) is 0 Å². The van der Waals surface area contributed by atoms with Crippen LogP contribution in [-0.2, 0) is 0 Å². The van der Waals surface area contributed by atoms with Gasteiger partial charge in [0.25, 0.3) is 0 Å². The number of nitrogens with zero attached hydrogens (tertiary/aromatic N) is 1. The third-order valence-corrected chi connectivity index (χ3v) is 5.03. The number of alkyl halides is 1. The van der Waals surface area contributed by atoms with Gasteiger partial charge in [0.1, 0.15) is 0 Å². The number of para-hydroxylation sites is 1. The lowest BCUT2D eigenvalue weighted by atomic mass is 10.1. The Morgan fingerprint density at radius 1 is 0.771 bits per heavy atom. The zero-order valence-electron chi connectivity index (χ0n) is 21.7. The molecule has 1 N–H and O–H groups in total. The molecule has 0 bridgehead atoms. The molecular weight excluding hydrogens is 431 g/mol. The summed E-state index contributed by atoms with van der Waals surface area (Å²) in [6.07, 6.45) is 10.6. The van der Waals surface area contributed by atoms with E-state index in [1.165, 1.54) is 11.1 Å². The molecule has 3 aromatic rings. The van der Waals surface area contributed by atoms with E-state index in [2.05, 4.69) is 86.8 Å². The van der Waals surface area contributed by atoms with Crippen LogP contribution in [0.5, 0.6) is 0 Å². The Labute approximate surface area is 211 Å². The molecule has 0 saturated carbocycles. The predicted octanol–water partition coefficient (Wildman–Crippen LogP) is 8.96. The van der Waals surface area contributed by atoms with Crippen LogP contribution in [0.15, 0.2) is 126 Å². The maximum absolute atomic E-state index is 9.50. The monoisotopic (exact) mass is 470 g/mol. The van der Waals surface area contributed by atoms with Crippen molar-refractivity contribution in [2.45, 2.75) is 33.6 Å². The Morgan fingerprint density at radius 3 is 1.77 bits per heavy atom. The fraction of sp³-hybridized carbons (Fsp3) is 0.219.